The topological polar surface area (TPSA) is 104 Å². The van der Waals surface area contributed by atoms with Crippen molar-refractivity contribution in [3.05, 3.63) is 53.2 Å². The molecule has 3 heterocycles. The lowest BCUT2D eigenvalue weighted by Crippen LogP contribution is -2.26. The van der Waals surface area contributed by atoms with Gasteiger partial charge in [0.05, 0.1) is 10.4 Å². The van der Waals surface area contributed by atoms with E-state index in [9.17, 15) is 4.79 Å². The monoisotopic (exact) mass is 353 g/mol. The Balaban J connectivity index is 1.40. The maximum atomic E-state index is 12.0. The summed E-state index contributed by atoms with van der Waals surface area (Å²) >= 11 is 1.53. The summed E-state index contributed by atoms with van der Waals surface area (Å²) in [6, 6.07) is 10.9. The number of carbonyl (C=O) groups excluding carboxylic acids is 1. The van der Waals surface area contributed by atoms with Crippen molar-refractivity contribution in [1.29, 1.82) is 5.26 Å². The van der Waals surface area contributed by atoms with Crippen LogP contribution in [0.2, 0.25) is 0 Å². The Bertz CT molecular complexity index is 865. The van der Waals surface area contributed by atoms with Gasteiger partial charge in [0.25, 0.3) is 5.91 Å². The molecule has 0 fully saturated rings. The van der Waals surface area contributed by atoms with Gasteiger partial charge in [-0.1, -0.05) is 11.2 Å². The molecule has 0 radical (unpaired) electrons. The molecule has 3 aromatic heterocycles. The van der Waals surface area contributed by atoms with Crippen molar-refractivity contribution in [3.8, 4) is 16.7 Å². The number of thiophene rings is 1. The van der Waals surface area contributed by atoms with Crippen molar-refractivity contribution in [3.63, 3.8) is 0 Å². The Morgan fingerprint density at radius 1 is 1.32 bits per heavy atom. The number of rotatable bonds is 7. The van der Waals surface area contributed by atoms with E-state index in [1.54, 1.807) is 18.2 Å². The van der Waals surface area contributed by atoms with Crippen molar-refractivity contribution in [1.82, 2.24) is 15.5 Å². The van der Waals surface area contributed by atoms with Crippen LogP contribution in [0.25, 0.3) is 10.6 Å². The van der Waals surface area contributed by atoms with Crippen molar-refractivity contribution in [2.45, 2.75) is 6.42 Å². The fourth-order valence-corrected chi connectivity index (χ4v) is 2.75. The molecule has 1 amide bonds. The average molecular weight is 353 g/mol. The number of hydrogen-bond donors (Lipinski definition) is 2. The highest BCUT2D eigenvalue weighted by atomic mass is 32.1. The molecular formula is C17H15N5O2S. The van der Waals surface area contributed by atoms with Crippen molar-refractivity contribution in [2.24, 2.45) is 0 Å². The summed E-state index contributed by atoms with van der Waals surface area (Å²) in [5.74, 6) is 1.03. The highest BCUT2D eigenvalue weighted by molar-refractivity contribution is 7.13. The highest BCUT2D eigenvalue weighted by Crippen LogP contribution is 2.24. The van der Waals surface area contributed by atoms with E-state index >= 15 is 0 Å². The van der Waals surface area contributed by atoms with E-state index in [0.29, 0.717) is 30.2 Å². The zero-order valence-electron chi connectivity index (χ0n) is 13.2. The smallest absolute Gasteiger partial charge is 0.273 e. The summed E-state index contributed by atoms with van der Waals surface area (Å²) in [6.07, 6.45) is 2.24. The first kappa shape index (κ1) is 16.7. The van der Waals surface area contributed by atoms with Gasteiger partial charge in [0.2, 0.25) is 0 Å². The van der Waals surface area contributed by atoms with Gasteiger partial charge in [0, 0.05) is 25.4 Å². The normalized spacial score (nSPS) is 10.2. The molecule has 0 aliphatic rings. The highest BCUT2D eigenvalue weighted by Gasteiger charge is 2.13. The second-order valence-corrected chi connectivity index (χ2v) is 6.08. The lowest BCUT2D eigenvalue weighted by atomic mass is 10.3. The third kappa shape index (κ3) is 4.43. The molecule has 0 unspecified atom stereocenters. The molecule has 0 atom stereocenters. The van der Waals surface area contributed by atoms with Crippen LogP contribution < -0.4 is 10.6 Å². The molecular weight excluding hydrogens is 338 g/mol. The molecule has 0 spiro atoms. The standard InChI is InChI=1S/C17H15N5O2S/c18-10-12-4-5-16(21-11-12)19-6-2-7-20-17(23)13-9-14(24-22-13)15-3-1-8-25-15/h1,3-5,8-9,11H,2,6-7H2,(H,19,21)(H,20,23). The van der Waals surface area contributed by atoms with Crippen LogP contribution in [-0.4, -0.2) is 29.1 Å². The molecule has 0 aliphatic heterocycles. The third-order valence-corrected chi connectivity index (χ3v) is 4.23. The van der Waals surface area contributed by atoms with Gasteiger partial charge in [-0.15, -0.1) is 11.3 Å². The predicted molar refractivity (Wildman–Crippen MR) is 94.2 cm³/mol. The number of hydrogen-bond acceptors (Lipinski definition) is 7. The molecule has 0 bridgehead atoms. The second kappa shape index (κ2) is 8.08. The second-order valence-electron chi connectivity index (χ2n) is 5.13. The maximum Gasteiger partial charge on any atom is 0.273 e. The van der Waals surface area contributed by atoms with Crippen molar-refractivity contribution in [2.75, 3.05) is 18.4 Å². The number of nitriles is 1. The zero-order chi connectivity index (χ0) is 17.5. The van der Waals surface area contributed by atoms with E-state index in [4.69, 9.17) is 9.78 Å². The van der Waals surface area contributed by atoms with Crippen LogP contribution in [0.1, 0.15) is 22.5 Å². The number of aromatic nitrogens is 2. The van der Waals surface area contributed by atoms with Crippen LogP contribution in [0, 0.1) is 11.3 Å². The molecule has 0 saturated heterocycles. The summed E-state index contributed by atoms with van der Waals surface area (Å²) in [4.78, 5) is 17.1. The van der Waals surface area contributed by atoms with Gasteiger partial charge < -0.3 is 15.2 Å². The van der Waals surface area contributed by atoms with E-state index in [0.717, 1.165) is 11.3 Å². The number of amides is 1. The van der Waals surface area contributed by atoms with E-state index in [-0.39, 0.29) is 11.6 Å². The van der Waals surface area contributed by atoms with E-state index in [1.165, 1.54) is 17.5 Å². The quantitative estimate of drug-likeness (QED) is 0.633. The number of pyridine rings is 1. The fraction of sp³-hybridized carbons (Fsp3) is 0.176. The first-order valence-electron chi connectivity index (χ1n) is 7.65. The molecule has 25 heavy (non-hydrogen) atoms. The molecule has 0 saturated carbocycles. The maximum absolute atomic E-state index is 12.0. The summed E-state index contributed by atoms with van der Waals surface area (Å²) < 4.78 is 5.19. The Morgan fingerprint density at radius 2 is 2.24 bits per heavy atom. The Morgan fingerprint density at radius 3 is 2.96 bits per heavy atom. The predicted octanol–water partition coefficient (Wildman–Crippen LogP) is 2.90. The lowest BCUT2D eigenvalue weighted by molar-refractivity contribution is 0.0944. The SMILES string of the molecule is N#Cc1ccc(NCCCNC(=O)c2cc(-c3cccs3)on2)nc1. The van der Waals surface area contributed by atoms with Crippen molar-refractivity contribution < 1.29 is 9.32 Å². The van der Waals surface area contributed by atoms with Crippen LogP contribution >= 0.6 is 11.3 Å². The Hall–Kier alpha value is -3.18. The molecule has 0 aromatic carbocycles. The van der Waals surface area contributed by atoms with Crippen molar-refractivity contribution >= 4 is 23.1 Å². The van der Waals surface area contributed by atoms with Gasteiger partial charge in [-0.25, -0.2) is 4.98 Å². The minimum Gasteiger partial charge on any atom is -0.370 e. The summed E-state index contributed by atoms with van der Waals surface area (Å²) in [5.41, 5.74) is 0.789. The van der Waals surface area contributed by atoms with Gasteiger partial charge in [0.1, 0.15) is 11.9 Å². The lowest BCUT2D eigenvalue weighted by Gasteiger charge is -2.06. The number of nitrogens with one attached hydrogen (secondary N) is 2. The number of anilines is 1. The Labute approximate surface area is 148 Å². The summed E-state index contributed by atoms with van der Waals surface area (Å²) in [5, 5.41) is 20.4. The van der Waals surface area contributed by atoms with Gasteiger partial charge in [-0.2, -0.15) is 5.26 Å². The van der Waals surface area contributed by atoms with Crippen LogP contribution in [0.3, 0.4) is 0 Å². The fourth-order valence-electron chi connectivity index (χ4n) is 2.08. The minimum absolute atomic E-state index is 0.261. The van der Waals surface area contributed by atoms with Crippen LogP contribution in [-0.2, 0) is 0 Å². The van der Waals surface area contributed by atoms with Gasteiger partial charge in [-0.3, -0.25) is 4.79 Å². The average Bonchev–Trinajstić information content (AvgIpc) is 3.33. The van der Waals surface area contributed by atoms with Crippen LogP contribution in [0.4, 0.5) is 5.82 Å². The van der Waals surface area contributed by atoms with Crippen LogP contribution in [0.15, 0.2) is 46.4 Å². The van der Waals surface area contributed by atoms with Gasteiger partial charge in [-0.05, 0) is 30.0 Å². The first-order valence-corrected chi connectivity index (χ1v) is 8.53. The largest absolute Gasteiger partial charge is 0.370 e. The summed E-state index contributed by atoms with van der Waals surface area (Å²) in [6.45, 7) is 1.15. The molecule has 8 heteroatoms. The number of nitrogens with zero attached hydrogens (tertiary/aromatic N) is 3. The molecule has 3 aromatic rings. The molecule has 0 aliphatic carbocycles. The number of carbonyl (C=O) groups is 1. The van der Waals surface area contributed by atoms with E-state index < -0.39 is 0 Å². The molecule has 2 N–H and O–H groups in total. The Kier molecular flexibility index (Phi) is 5.39. The molecule has 126 valence electrons. The third-order valence-electron chi connectivity index (χ3n) is 3.34. The zero-order valence-corrected chi connectivity index (χ0v) is 14.0. The van der Waals surface area contributed by atoms with E-state index in [2.05, 4.69) is 20.8 Å². The van der Waals surface area contributed by atoms with Gasteiger partial charge in [0.15, 0.2) is 11.5 Å². The summed E-state index contributed by atoms with van der Waals surface area (Å²) in [7, 11) is 0. The minimum atomic E-state index is -0.261. The first-order chi connectivity index (χ1) is 12.3. The van der Waals surface area contributed by atoms with E-state index in [1.807, 2.05) is 23.6 Å². The molecule has 7 nitrogen and oxygen atoms in total. The van der Waals surface area contributed by atoms with Crippen LogP contribution in [0.5, 0.6) is 0 Å². The molecule has 3 rings (SSSR count). The van der Waals surface area contributed by atoms with Gasteiger partial charge >= 0.3 is 0 Å².